The Morgan fingerprint density at radius 2 is 2.00 bits per heavy atom. The summed E-state index contributed by atoms with van der Waals surface area (Å²) < 4.78 is 10.9. The van der Waals surface area contributed by atoms with Crippen molar-refractivity contribution in [3.63, 3.8) is 0 Å². The first-order chi connectivity index (χ1) is 10.1. The Hall–Kier alpha value is -2.36. The maximum atomic E-state index is 5.53. The van der Waals surface area contributed by atoms with E-state index >= 15 is 0 Å². The standard InChI is InChI=1S/C17H20N2O2/c1-12-7-8-14(9-15(12)19(2)3)18-10-13-5-4-6-16-17(13)21-11-20-16/h4-9,18H,10-11H2,1-3H3. The molecule has 0 radical (unpaired) electrons. The van der Waals surface area contributed by atoms with Gasteiger partial charge in [0.05, 0.1) is 0 Å². The van der Waals surface area contributed by atoms with Crippen LogP contribution in [0.2, 0.25) is 0 Å². The fourth-order valence-corrected chi connectivity index (χ4v) is 2.53. The van der Waals surface area contributed by atoms with Gasteiger partial charge in [-0.15, -0.1) is 0 Å². The highest BCUT2D eigenvalue weighted by Gasteiger charge is 2.16. The zero-order chi connectivity index (χ0) is 14.8. The van der Waals surface area contributed by atoms with Crippen LogP contribution in [0.25, 0.3) is 0 Å². The highest BCUT2D eigenvalue weighted by molar-refractivity contribution is 5.62. The first kappa shape index (κ1) is 13.6. The molecule has 0 amide bonds. The number of para-hydroxylation sites is 1. The summed E-state index contributed by atoms with van der Waals surface area (Å²) in [5, 5.41) is 3.45. The lowest BCUT2D eigenvalue weighted by Crippen LogP contribution is -2.11. The van der Waals surface area contributed by atoms with Gasteiger partial charge in [0.15, 0.2) is 11.5 Å². The van der Waals surface area contributed by atoms with Crippen LogP contribution >= 0.6 is 0 Å². The van der Waals surface area contributed by atoms with E-state index in [4.69, 9.17) is 9.47 Å². The minimum atomic E-state index is 0.307. The maximum Gasteiger partial charge on any atom is 0.231 e. The van der Waals surface area contributed by atoms with Gasteiger partial charge in [-0.25, -0.2) is 0 Å². The summed E-state index contributed by atoms with van der Waals surface area (Å²) in [6.45, 7) is 3.14. The Balaban J connectivity index is 1.77. The molecule has 0 saturated heterocycles. The SMILES string of the molecule is Cc1ccc(NCc2cccc3c2OCO3)cc1N(C)C. The highest BCUT2D eigenvalue weighted by Crippen LogP contribution is 2.35. The molecule has 3 rings (SSSR count). The smallest absolute Gasteiger partial charge is 0.231 e. The number of anilines is 2. The van der Waals surface area contributed by atoms with Gasteiger partial charge in [-0.1, -0.05) is 18.2 Å². The minimum absolute atomic E-state index is 0.307. The first-order valence-electron chi connectivity index (χ1n) is 7.04. The summed E-state index contributed by atoms with van der Waals surface area (Å²) in [4.78, 5) is 2.12. The average Bonchev–Trinajstić information content (AvgIpc) is 2.95. The normalized spacial score (nSPS) is 12.3. The number of hydrogen-bond donors (Lipinski definition) is 1. The van der Waals surface area contributed by atoms with Crippen LogP contribution in [0.4, 0.5) is 11.4 Å². The van der Waals surface area contributed by atoms with E-state index in [0.717, 1.165) is 22.7 Å². The van der Waals surface area contributed by atoms with Crippen molar-refractivity contribution in [1.82, 2.24) is 0 Å². The van der Waals surface area contributed by atoms with Crippen LogP contribution in [0.1, 0.15) is 11.1 Å². The number of hydrogen-bond acceptors (Lipinski definition) is 4. The summed E-state index contributed by atoms with van der Waals surface area (Å²) in [6.07, 6.45) is 0. The van der Waals surface area contributed by atoms with Crippen LogP contribution in [-0.2, 0) is 6.54 Å². The van der Waals surface area contributed by atoms with E-state index in [-0.39, 0.29) is 0 Å². The molecule has 0 spiro atoms. The maximum absolute atomic E-state index is 5.53. The molecule has 0 fully saturated rings. The van der Waals surface area contributed by atoms with Gasteiger partial charge in [0.2, 0.25) is 6.79 Å². The van der Waals surface area contributed by atoms with Gasteiger partial charge in [-0.2, -0.15) is 0 Å². The monoisotopic (exact) mass is 284 g/mol. The van der Waals surface area contributed by atoms with Crippen LogP contribution in [-0.4, -0.2) is 20.9 Å². The Labute approximate surface area is 125 Å². The summed E-state index contributed by atoms with van der Waals surface area (Å²) >= 11 is 0. The third kappa shape index (κ3) is 2.75. The number of fused-ring (bicyclic) bond motifs is 1. The fraction of sp³-hybridized carbons (Fsp3) is 0.294. The van der Waals surface area contributed by atoms with Gasteiger partial charge in [0.25, 0.3) is 0 Å². The van der Waals surface area contributed by atoms with Crippen molar-refractivity contribution in [3.8, 4) is 11.5 Å². The summed E-state index contributed by atoms with van der Waals surface area (Å²) in [6, 6.07) is 12.4. The second-order valence-corrected chi connectivity index (χ2v) is 5.40. The molecule has 1 aliphatic rings. The van der Waals surface area contributed by atoms with Crippen molar-refractivity contribution in [1.29, 1.82) is 0 Å². The summed E-state index contributed by atoms with van der Waals surface area (Å²) in [5.41, 5.74) is 4.69. The van der Waals surface area contributed by atoms with Gasteiger partial charge in [-0.3, -0.25) is 0 Å². The van der Waals surface area contributed by atoms with Crippen LogP contribution in [0.15, 0.2) is 36.4 Å². The topological polar surface area (TPSA) is 33.7 Å². The van der Waals surface area contributed by atoms with Crippen molar-refractivity contribution < 1.29 is 9.47 Å². The molecule has 0 unspecified atom stereocenters. The van der Waals surface area contributed by atoms with Gasteiger partial charge in [-0.05, 0) is 30.7 Å². The lowest BCUT2D eigenvalue weighted by Gasteiger charge is -2.17. The summed E-state index contributed by atoms with van der Waals surface area (Å²) in [5.74, 6) is 1.68. The van der Waals surface area contributed by atoms with Gasteiger partial charge in [0.1, 0.15) is 0 Å². The second-order valence-electron chi connectivity index (χ2n) is 5.40. The number of nitrogens with one attached hydrogen (secondary N) is 1. The van der Waals surface area contributed by atoms with E-state index in [1.54, 1.807) is 0 Å². The molecule has 1 N–H and O–H groups in total. The Kier molecular flexibility index (Phi) is 3.60. The van der Waals surface area contributed by atoms with Crippen LogP contribution in [0.3, 0.4) is 0 Å². The predicted octanol–water partition coefficient (Wildman–Crippen LogP) is 3.40. The zero-order valence-corrected chi connectivity index (χ0v) is 12.6. The van der Waals surface area contributed by atoms with Crippen LogP contribution < -0.4 is 19.7 Å². The van der Waals surface area contributed by atoms with Crippen LogP contribution in [0.5, 0.6) is 11.5 Å². The molecular formula is C17H20N2O2. The Morgan fingerprint density at radius 1 is 1.14 bits per heavy atom. The van der Waals surface area contributed by atoms with Crippen LogP contribution in [0, 0.1) is 6.92 Å². The van der Waals surface area contributed by atoms with Crippen molar-refractivity contribution in [3.05, 3.63) is 47.5 Å². The lowest BCUT2D eigenvalue weighted by atomic mass is 10.1. The summed E-state index contributed by atoms with van der Waals surface area (Å²) in [7, 11) is 4.11. The minimum Gasteiger partial charge on any atom is -0.454 e. The molecule has 21 heavy (non-hydrogen) atoms. The van der Waals surface area contributed by atoms with Gasteiger partial charge >= 0.3 is 0 Å². The van der Waals surface area contributed by atoms with Gasteiger partial charge < -0.3 is 19.7 Å². The third-order valence-electron chi connectivity index (χ3n) is 3.65. The number of aryl methyl sites for hydroxylation is 1. The fourth-order valence-electron chi connectivity index (χ4n) is 2.53. The molecule has 0 aromatic heterocycles. The van der Waals surface area contributed by atoms with E-state index in [1.807, 2.05) is 12.1 Å². The van der Waals surface area contributed by atoms with E-state index < -0.39 is 0 Å². The number of ether oxygens (including phenoxy) is 2. The van der Waals surface area contributed by atoms with E-state index in [0.29, 0.717) is 13.3 Å². The molecule has 4 heteroatoms. The molecule has 0 saturated carbocycles. The third-order valence-corrected chi connectivity index (χ3v) is 3.65. The highest BCUT2D eigenvalue weighted by atomic mass is 16.7. The molecule has 2 aromatic carbocycles. The number of benzene rings is 2. The number of rotatable bonds is 4. The lowest BCUT2D eigenvalue weighted by molar-refractivity contribution is 0.173. The van der Waals surface area contributed by atoms with Gasteiger partial charge in [0, 0.05) is 37.6 Å². The van der Waals surface area contributed by atoms with Crippen molar-refractivity contribution in [2.45, 2.75) is 13.5 Å². The zero-order valence-electron chi connectivity index (χ0n) is 12.6. The molecule has 4 nitrogen and oxygen atoms in total. The van der Waals surface area contributed by atoms with Crippen molar-refractivity contribution in [2.24, 2.45) is 0 Å². The first-order valence-corrected chi connectivity index (χ1v) is 7.04. The van der Waals surface area contributed by atoms with Crippen molar-refractivity contribution in [2.75, 3.05) is 31.1 Å². The molecule has 110 valence electrons. The molecule has 2 aromatic rings. The second kappa shape index (κ2) is 5.56. The molecule has 1 aliphatic heterocycles. The van der Waals surface area contributed by atoms with Crippen molar-refractivity contribution >= 4 is 11.4 Å². The molecule has 0 atom stereocenters. The largest absolute Gasteiger partial charge is 0.454 e. The molecule has 0 aliphatic carbocycles. The molecule has 1 heterocycles. The van der Waals surface area contributed by atoms with E-state index in [1.165, 1.54) is 11.3 Å². The quantitative estimate of drug-likeness (QED) is 0.933. The number of nitrogens with zero attached hydrogens (tertiary/aromatic N) is 1. The average molecular weight is 284 g/mol. The Morgan fingerprint density at radius 3 is 2.81 bits per heavy atom. The molecule has 0 bridgehead atoms. The Bertz CT molecular complexity index is 653. The molecular weight excluding hydrogens is 264 g/mol. The van der Waals surface area contributed by atoms with E-state index in [9.17, 15) is 0 Å². The predicted molar refractivity (Wildman–Crippen MR) is 85.4 cm³/mol. The van der Waals surface area contributed by atoms with E-state index in [2.05, 4.69) is 55.5 Å².